The topological polar surface area (TPSA) is 28.5 Å². The molecule has 0 saturated carbocycles. The lowest BCUT2D eigenvalue weighted by Crippen LogP contribution is -2.49. The lowest BCUT2D eigenvalue weighted by molar-refractivity contribution is 0.0638. The van der Waals surface area contributed by atoms with Gasteiger partial charge in [-0.3, -0.25) is 9.69 Å². The van der Waals surface area contributed by atoms with Crippen molar-refractivity contribution in [3.8, 4) is 0 Å². The zero-order chi connectivity index (χ0) is 26.8. The lowest BCUT2D eigenvalue weighted by Gasteiger charge is -2.34. The monoisotopic (exact) mass is 523 g/mol. The van der Waals surface area contributed by atoms with Crippen LogP contribution in [0.4, 0.5) is 8.78 Å². The Balaban J connectivity index is 1.15. The molecule has 0 aliphatic carbocycles. The van der Waals surface area contributed by atoms with Crippen LogP contribution in [0.15, 0.2) is 91.0 Å². The molecule has 39 heavy (non-hydrogen) atoms. The molecule has 0 radical (unpaired) electrons. The van der Waals surface area contributed by atoms with Crippen molar-refractivity contribution in [1.29, 1.82) is 0 Å². The second kappa shape index (κ2) is 11.0. The summed E-state index contributed by atoms with van der Waals surface area (Å²) in [5.74, 6) is -0.365. The number of nitrogens with zero attached hydrogens (tertiary/aromatic N) is 3. The van der Waals surface area contributed by atoms with E-state index in [1.165, 1.54) is 24.3 Å². The average molecular weight is 524 g/mol. The first-order valence-electron chi connectivity index (χ1n) is 13.6. The summed E-state index contributed by atoms with van der Waals surface area (Å²) in [5, 5.41) is 2.21. The third-order valence-corrected chi connectivity index (χ3v) is 7.85. The van der Waals surface area contributed by atoms with Gasteiger partial charge in [-0.05, 0) is 72.5 Å². The van der Waals surface area contributed by atoms with Gasteiger partial charge < -0.3 is 9.47 Å². The van der Waals surface area contributed by atoms with Crippen LogP contribution in [0.2, 0.25) is 0 Å². The van der Waals surface area contributed by atoms with Crippen LogP contribution in [0, 0.1) is 11.6 Å². The van der Waals surface area contributed by atoms with Gasteiger partial charge in [0.25, 0.3) is 5.91 Å². The maximum Gasteiger partial charge on any atom is 0.253 e. The number of para-hydroxylation sites is 1. The zero-order valence-corrected chi connectivity index (χ0v) is 21.8. The summed E-state index contributed by atoms with van der Waals surface area (Å²) in [5.41, 5.74) is 5.16. The number of aryl methyl sites for hydroxylation is 2. The molecule has 0 bridgehead atoms. The summed E-state index contributed by atoms with van der Waals surface area (Å²) in [6, 6.07) is 27.7. The largest absolute Gasteiger partial charge is 0.340 e. The summed E-state index contributed by atoms with van der Waals surface area (Å²) in [6.45, 7) is 4.72. The predicted octanol–water partition coefficient (Wildman–Crippen LogP) is 6.32. The molecule has 1 saturated heterocycles. The molecule has 198 valence electrons. The summed E-state index contributed by atoms with van der Waals surface area (Å²) in [4.78, 5) is 17.8. The Morgan fingerprint density at radius 1 is 0.641 bits per heavy atom. The van der Waals surface area contributed by atoms with Gasteiger partial charge >= 0.3 is 0 Å². The quantitative estimate of drug-likeness (QED) is 0.250. The summed E-state index contributed by atoms with van der Waals surface area (Å²) < 4.78 is 28.8. The van der Waals surface area contributed by atoms with Crippen molar-refractivity contribution < 1.29 is 13.6 Å². The molecule has 6 heteroatoms. The van der Waals surface area contributed by atoms with Crippen molar-refractivity contribution in [2.75, 3.05) is 32.7 Å². The van der Waals surface area contributed by atoms with Gasteiger partial charge in [-0.15, -0.1) is 0 Å². The smallest absolute Gasteiger partial charge is 0.253 e. The fourth-order valence-electron chi connectivity index (χ4n) is 5.62. The molecule has 0 atom stereocenters. The van der Waals surface area contributed by atoms with Crippen LogP contribution >= 0.6 is 0 Å². The number of amides is 1. The van der Waals surface area contributed by atoms with Gasteiger partial charge in [0.15, 0.2) is 0 Å². The van der Waals surface area contributed by atoms with Crippen LogP contribution in [-0.2, 0) is 19.4 Å². The molecule has 1 aromatic heterocycles. The van der Waals surface area contributed by atoms with E-state index in [9.17, 15) is 13.6 Å². The van der Waals surface area contributed by atoms with Crippen molar-refractivity contribution in [3.63, 3.8) is 0 Å². The van der Waals surface area contributed by atoms with Crippen LogP contribution in [0.1, 0.15) is 21.5 Å². The van der Waals surface area contributed by atoms with Crippen molar-refractivity contribution in [3.05, 3.63) is 119 Å². The van der Waals surface area contributed by atoms with E-state index in [1.54, 1.807) is 0 Å². The van der Waals surface area contributed by atoms with E-state index in [0.717, 1.165) is 72.0 Å². The van der Waals surface area contributed by atoms with Crippen LogP contribution in [0.3, 0.4) is 0 Å². The molecular weight excluding hydrogens is 492 g/mol. The van der Waals surface area contributed by atoms with Crippen molar-refractivity contribution in [1.82, 2.24) is 14.4 Å². The maximum absolute atomic E-state index is 13.5. The second-order valence-electron chi connectivity index (χ2n) is 10.3. The maximum atomic E-state index is 13.5. The van der Waals surface area contributed by atoms with Gasteiger partial charge in [0, 0.05) is 66.6 Å². The first kappa shape index (κ1) is 25.3. The number of aromatic nitrogens is 1. The first-order chi connectivity index (χ1) is 19.0. The predicted molar refractivity (Wildman–Crippen MR) is 152 cm³/mol. The molecule has 6 rings (SSSR count). The normalized spacial score (nSPS) is 14.4. The molecule has 0 unspecified atom stereocenters. The van der Waals surface area contributed by atoms with Crippen molar-refractivity contribution in [2.24, 2.45) is 0 Å². The Morgan fingerprint density at radius 2 is 1.23 bits per heavy atom. The van der Waals surface area contributed by atoms with E-state index in [2.05, 4.69) is 27.7 Å². The number of carbonyl (C=O) groups excluding carboxylic acids is 1. The minimum Gasteiger partial charge on any atom is -0.340 e. The van der Waals surface area contributed by atoms with Gasteiger partial charge in [-0.25, -0.2) is 8.78 Å². The highest BCUT2D eigenvalue weighted by Crippen LogP contribution is 2.30. The third kappa shape index (κ3) is 5.43. The summed E-state index contributed by atoms with van der Waals surface area (Å²) in [6.07, 6.45) is 1.66. The lowest BCUT2D eigenvalue weighted by atomic mass is 10.1. The van der Waals surface area contributed by atoms with Crippen LogP contribution < -0.4 is 0 Å². The molecule has 2 heterocycles. The molecule has 1 aliphatic rings. The van der Waals surface area contributed by atoms with E-state index in [1.807, 2.05) is 53.4 Å². The molecule has 4 nitrogen and oxygen atoms in total. The Kier molecular flexibility index (Phi) is 7.12. The third-order valence-electron chi connectivity index (χ3n) is 7.85. The fourth-order valence-corrected chi connectivity index (χ4v) is 5.62. The second-order valence-corrected chi connectivity index (χ2v) is 10.3. The molecule has 1 fully saturated rings. The highest BCUT2D eigenvalue weighted by atomic mass is 19.1. The zero-order valence-electron chi connectivity index (χ0n) is 21.8. The van der Waals surface area contributed by atoms with Gasteiger partial charge in [-0.1, -0.05) is 42.5 Å². The van der Waals surface area contributed by atoms with E-state index in [-0.39, 0.29) is 17.5 Å². The minimum absolute atomic E-state index is 0.0678. The van der Waals surface area contributed by atoms with E-state index in [0.29, 0.717) is 18.7 Å². The summed E-state index contributed by atoms with van der Waals surface area (Å²) in [7, 11) is 0. The molecule has 5 aromatic rings. The number of hydrogen-bond acceptors (Lipinski definition) is 2. The van der Waals surface area contributed by atoms with Gasteiger partial charge in [0.2, 0.25) is 0 Å². The number of hydrogen-bond donors (Lipinski definition) is 0. The number of halogens is 2. The summed E-state index contributed by atoms with van der Waals surface area (Å²) >= 11 is 0. The van der Waals surface area contributed by atoms with Gasteiger partial charge in [-0.2, -0.15) is 0 Å². The van der Waals surface area contributed by atoms with E-state index < -0.39 is 0 Å². The Morgan fingerprint density at radius 3 is 1.90 bits per heavy atom. The fraction of sp³-hybridized carbons (Fsp3) is 0.242. The van der Waals surface area contributed by atoms with Crippen LogP contribution in [0.5, 0.6) is 0 Å². The van der Waals surface area contributed by atoms with E-state index >= 15 is 0 Å². The standard InChI is InChI=1S/C33H31F2N3O/c34-27-10-5-24(6-11-27)15-17-36-19-21-37(22-20-36)33(39)26-9-14-32-30(23-26)29-3-1-2-4-31(29)38(32)18-16-25-7-12-28(35)13-8-25/h1-14,23H,15-22H2. The number of fused-ring (bicyclic) bond motifs is 3. The molecular formula is C33H31F2N3O. The molecule has 1 aliphatic heterocycles. The van der Waals surface area contributed by atoms with Crippen LogP contribution in [-0.4, -0.2) is 53.0 Å². The molecule has 0 N–H and O–H groups in total. The Labute approximate surface area is 227 Å². The molecule has 0 spiro atoms. The van der Waals surface area contributed by atoms with Gasteiger partial charge in [0.05, 0.1) is 0 Å². The van der Waals surface area contributed by atoms with Crippen molar-refractivity contribution in [2.45, 2.75) is 19.4 Å². The average Bonchev–Trinajstić information content (AvgIpc) is 3.29. The molecule has 4 aromatic carbocycles. The minimum atomic E-state index is -0.223. The first-order valence-corrected chi connectivity index (χ1v) is 13.6. The van der Waals surface area contributed by atoms with E-state index in [4.69, 9.17) is 0 Å². The molecule has 1 amide bonds. The highest BCUT2D eigenvalue weighted by molar-refractivity contribution is 6.10. The highest BCUT2D eigenvalue weighted by Gasteiger charge is 2.23. The Bertz CT molecular complexity index is 1600. The van der Waals surface area contributed by atoms with Crippen molar-refractivity contribution >= 4 is 27.7 Å². The number of piperazine rings is 1. The van der Waals surface area contributed by atoms with Crippen LogP contribution in [0.25, 0.3) is 21.8 Å². The Hall–Kier alpha value is -4.03. The SMILES string of the molecule is O=C(c1ccc2c(c1)c1ccccc1n2CCc1ccc(F)cc1)N1CCN(CCc2ccc(F)cc2)CC1. The number of benzene rings is 4. The number of rotatable bonds is 7. The number of carbonyl (C=O) groups is 1. The van der Waals surface area contributed by atoms with Gasteiger partial charge in [0.1, 0.15) is 11.6 Å².